The first-order chi connectivity index (χ1) is 25.9. The Hall–Kier alpha value is -4.73. The predicted octanol–water partition coefficient (Wildman–Crippen LogP) is 7.94. The van der Waals surface area contributed by atoms with Crippen LogP contribution in [-0.4, -0.2) is 54.0 Å². The molecule has 53 heavy (non-hydrogen) atoms. The maximum absolute atomic E-state index is 14.2. The van der Waals surface area contributed by atoms with Crippen molar-refractivity contribution in [3.05, 3.63) is 96.3 Å². The normalized spacial score (nSPS) is 16.4. The molecule has 1 fully saturated rings. The fourth-order valence-corrected chi connectivity index (χ4v) is 6.80. The van der Waals surface area contributed by atoms with Crippen LogP contribution in [0.2, 0.25) is 0 Å². The number of rotatable bonds is 23. The smallest absolute Gasteiger partial charge is 0.333 e. The monoisotopic (exact) mass is 726 g/mol. The summed E-state index contributed by atoms with van der Waals surface area (Å²) in [5.41, 5.74) is 1.85. The van der Waals surface area contributed by atoms with Crippen molar-refractivity contribution in [2.45, 2.75) is 128 Å². The minimum atomic E-state index is -1.01. The van der Waals surface area contributed by atoms with Gasteiger partial charge in [0.25, 0.3) is 0 Å². The molecule has 1 aromatic heterocycles. The van der Waals surface area contributed by atoms with Crippen LogP contribution in [0.4, 0.5) is 5.69 Å². The molecule has 10 heteroatoms. The number of anilines is 1. The lowest BCUT2D eigenvalue weighted by Crippen LogP contribution is -2.53. The predicted molar refractivity (Wildman–Crippen MR) is 207 cm³/mol. The van der Waals surface area contributed by atoms with Crippen LogP contribution in [0.25, 0.3) is 0 Å². The van der Waals surface area contributed by atoms with Gasteiger partial charge in [-0.05, 0) is 48.9 Å². The van der Waals surface area contributed by atoms with Crippen molar-refractivity contribution in [1.82, 2.24) is 15.6 Å². The topological polar surface area (TPSA) is 127 Å². The van der Waals surface area contributed by atoms with E-state index in [0.29, 0.717) is 29.7 Å². The molecule has 3 aromatic rings. The van der Waals surface area contributed by atoms with Gasteiger partial charge in [-0.3, -0.25) is 14.6 Å². The standard InChI is InChI=1S/C43H58N4O6/c1-3-5-7-9-11-19-31-52-42(50)38(33-21-15-13-16-22-33)45-40(48)36-25-26-37(47(36)35-27-29-44-30-28-35)41(49)46-39(34-23-17-14-18-24-34)43(51)53-32-20-12-10-8-6-4-2/h13-18,21-24,27-30,36-39H,3-12,19-20,25-26,31-32H2,1-2H3,(H,45,48)(H,46,49)/t36-,37-,38+,39+/m0/s1. The van der Waals surface area contributed by atoms with E-state index in [-0.39, 0.29) is 13.2 Å². The zero-order valence-electron chi connectivity index (χ0n) is 31.5. The zero-order valence-corrected chi connectivity index (χ0v) is 31.5. The van der Waals surface area contributed by atoms with Crippen LogP contribution in [0.3, 0.4) is 0 Å². The number of pyridine rings is 1. The fraction of sp³-hybridized carbons (Fsp3) is 0.512. The highest BCUT2D eigenvalue weighted by Crippen LogP contribution is 2.32. The number of carbonyl (C=O) groups excluding carboxylic acids is 4. The first-order valence-electron chi connectivity index (χ1n) is 19.7. The van der Waals surface area contributed by atoms with Gasteiger partial charge in [-0.2, -0.15) is 0 Å². The minimum Gasteiger partial charge on any atom is -0.464 e. The van der Waals surface area contributed by atoms with E-state index >= 15 is 0 Å². The molecule has 0 unspecified atom stereocenters. The van der Waals surface area contributed by atoms with Crippen LogP contribution >= 0.6 is 0 Å². The van der Waals surface area contributed by atoms with Crippen LogP contribution in [0.5, 0.6) is 0 Å². The van der Waals surface area contributed by atoms with Gasteiger partial charge < -0.3 is 25.0 Å². The Bertz CT molecular complexity index is 1430. The quantitative estimate of drug-likeness (QED) is 0.0745. The molecule has 0 saturated carbocycles. The van der Waals surface area contributed by atoms with Crippen molar-refractivity contribution in [1.29, 1.82) is 0 Å². The molecule has 1 saturated heterocycles. The summed E-state index contributed by atoms with van der Waals surface area (Å²) >= 11 is 0. The second-order valence-electron chi connectivity index (χ2n) is 13.8. The summed E-state index contributed by atoms with van der Waals surface area (Å²) in [5.74, 6) is -1.85. The van der Waals surface area contributed by atoms with E-state index in [1.807, 2.05) is 36.4 Å². The largest absolute Gasteiger partial charge is 0.464 e. The summed E-state index contributed by atoms with van der Waals surface area (Å²) in [7, 11) is 0. The molecule has 0 bridgehead atoms. The highest BCUT2D eigenvalue weighted by atomic mass is 16.5. The molecule has 2 heterocycles. The summed E-state index contributed by atoms with van der Waals surface area (Å²) in [6, 6.07) is 18.0. The van der Waals surface area contributed by atoms with Crippen molar-refractivity contribution in [2.24, 2.45) is 0 Å². The van der Waals surface area contributed by atoms with E-state index in [4.69, 9.17) is 9.47 Å². The van der Waals surface area contributed by atoms with Gasteiger partial charge in [-0.15, -0.1) is 0 Å². The Morgan fingerprint density at radius 2 is 1.00 bits per heavy atom. The van der Waals surface area contributed by atoms with E-state index in [1.54, 1.807) is 53.7 Å². The van der Waals surface area contributed by atoms with Crippen molar-refractivity contribution in [3.8, 4) is 0 Å². The number of ether oxygens (including phenoxy) is 2. The number of benzene rings is 2. The molecular weight excluding hydrogens is 668 g/mol. The molecule has 4 atom stereocenters. The number of unbranched alkanes of at least 4 members (excludes halogenated alkanes) is 10. The van der Waals surface area contributed by atoms with Crippen molar-refractivity contribution in [2.75, 3.05) is 18.1 Å². The molecule has 286 valence electrons. The molecule has 0 aliphatic carbocycles. The number of amides is 2. The minimum absolute atomic E-state index is 0.281. The highest BCUT2D eigenvalue weighted by molar-refractivity contribution is 5.96. The first kappa shape index (κ1) is 41.0. The zero-order chi connectivity index (χ0) is 37.7. The Kier molecular flexibility index (Phi) is 17.8. The third kappa shape index (κ3) is 13.0. The third-order valence-electron chi connectivity index (χ3n) is 9.75. The second-order valence-corrected chi connectivity index (χ2v) is 13.8. The molecule has 2 aromatic carbocycles. The van der Waals surface area contributed by atoms with Crippen LogP contribution in [-0.2, 0) is 28.7 Å². The molecule has 10 nitrogen and oxygen atoms in total. The molecule has 0 radical (unpaired) electrons. The molecule has 1 aliphatic heterocycles. The summed E-state index contributed by atoms with van der Waals surface area (Å²) in [6.07, 6.45) is 16.6. The number of esters is 2. The van der Waals surface area contributed by atoms with Crippen molar-refractivity contribution in [3.63, 3.8) is 0 Å². The number of hydrogen-bond donors (Lipinski definition) is 2. The van der Waals surface area contributed by atoms with E-state index in [9.17, 15) is 19.2 Å². The number of nitrogens with one attached hydrogen (secondary N) is 2. The Morgan fingerprint density at radius 1 is 0.604 bits per heavy atom. The van der Waals surface area contributed by atoms with Gasteiger partial charge in [-0.1, -0.05) is 139 Å². The van der Waals surface area contributed by atoms with Gasteiger partial charge in [0.05, 0.1) is 13.2 Å². The van der Waals surface area contributed by atoms with Crippen molar-refractivity contribution >= 4 is 29.4 Å². The lowest BCUT2D eigenvalue weighted by Gasteiger charge is -2.32. The molecule has 2 amide bonds. The molecule has 0 spiro atoms. The number of aromatic nitrogens is 1. The summed E-state index contributed by atoms with van der Waals surface area (Å²) in [4.78, 5) is 61.1. The van der Waals surface area contributed by atoms with E-state index < -0.39 is 47.9 Å². The average molecular weight is 727 g/mol. The Labute approximate surface area is 315 Å². The highest BCUT2D eigenvalue weighted by Gasteiger charge is 2.43. The van der Waals surface area contributed by atoms with E-state index in [1.165, 1.54) is 25.7 Å². The van der Waals surface area contributed by atoms with E-state index in [0.717, 1.165) is 51.4 Å². The Balaban J connectivity index is 1.47. The number of hydrogen-bond acceptors (Lipinski definition) is 8. The maximum atomic E-state index is 14.2. The third-order valence-corrected chi connectivity index (χ3v) is 9.75. The van der Waals surface area contributed by atoms with Crippen LogP contribution in [0.15, 0.2) is 85.2 Å². The van der Waals surface area contributed by atoms with Crippen LogP contribution in [0.1, 0.15) is 127 Å². The summed E-state index contributed by atoms with van der Waals surface area (Å²) < 4.78 is 11.4. The lowest BCUT2D eigenvalue weighted by atomic mass is 10.1. The van der Waals surface area contributed by atoms with Gasteiger partial charge in [0.15, 0.2) is 12.1 Å². The summed E-state index contributed by atoms with van der Waals surface area (Å²) in [6.45, 7) is 4.91. The molecule has 4 rings (SSSR count). The molecule has 1 aliphatic rings. The van der Waals surface area contributed by atoms with Gasteiger partial charge in [0.2, 0.25) is 11.8 Å². The van der Waals surface area contributed by atoms with Crippen molar-refractivity contribution < 1.29 is 28.7 Å². The Morgan fingerprint density at radius 3 is 1.42 bits per heavy atom. The fourth-order valence-electron chi connectivity index (χ4n) is 6.80. The van der Waals surface area contributed by atoms with Gasteiger partial charge in [0, 0.05) is 18.1 Å². The number of nitrogens with zero attached hydrogens (tertiary/aromatic N) is 2. The van der Waals surface area contributed by atoms with Crippen LogP contribution in [0, 0.1) is 0 Å². The molecular formula is C43H58N4O6. The summed E-state index contributed by atoms with van der Waals surface area (Å²) in [5, 5.41) is 5.91. The van der Waals surface area contributed by atoms with Gasteiger partial charge >= 0.3 is 11.9 Å². The average Bonchev–Trinajstić information content (AvgIpc) is 3.65. The second kappa shape index (κ2) is 23.0. The van der Waals surface area contributed by atoms with Gasteiger partial charge in [-0.25, -0.2) is 9.59 Å². The van der Waals surface area contributed by atoms with E-state index in [2.05, 4.69) is 29.5 Å². The lowest BCUT2D eigenvalue weighted by molar-refractivity contribution is -0.148. The van der Waals surface area contributed by atoms with Crippen LogP contribution < -0.4 is 15.5 Å². The first-order valence-corrected chi connectivity index (χ1v) is 19.7. The SMILES string of the molecule is CCCCCCCCOC(=O)[C@H](NC(=O)[C@@H]1CC[C@@H](C(=O)N[C@@H](C(=O)OCCCCCCCC)c2ccccc2)N1c1ccncc1)c1ccccc1. The maximum Gasteiger partial charge on any atom is 0.333 e. The number of carbonyl (C=O) groups is 4. The van der Waals surface area contributed by atoms with Gasteiger partial charge in [0.1, 0.15) is 12.1 Å². The molecule has 2 N–H and O–H groups in total.